The zero-order chi connectivity index (χ0) is 25.3. The van der Waals surface area contributed by atoms with Gasteiger partial charge in [-0.05, 0) is 67.1 Å². The number of nitrogens with two attached hydrogens (primary N) is 1. The Morgan fingerprint density at radius 2 is 1.97 bits per heavy atom. The molecular weight excluding hydrogens is 474 g/mol. The summed E-state index contributed by atoms with van der Waals surface area (Å²) < 4.78 is 35.1. The maximum atomic E-state index is 12.2. The predicted molar refractivity (Wildman–Crippen MR) is 141 cm³/mol. The Hall–Kier alpha value is -4.03. The molecule has 2 heterocycles. The van der Waals surface area contributed by atoms with Gasteiger partial charge in [0.25, 0.3) is 0 Å². The van der Waals surface area contributed by atoms with Gasteiger partial charge in [0.2, 0.25) is 15.9 Å². The van der Waals surface area contributed by atoms with Gasteiger partial charge in [0.15, 0.2) is 0 Å². The highest BCUT2D eigenvalue weighted by molar-refractivity contribution is 7.92. The molecule has 1 aliphatic rings. The molecule has 0 saturated heterocycles. The third-order valence-corrected chi connectivity index (χ3v) is 7.70. The molecule has 0 atom stereocenters. The Kier molecular flexibility index (Phi) is 6.29. The van der Waals surface area contributed by atoms with E-state index in [0.29, 0.717) is 40.9 Å². The molecule has 1 saturated carbocycles. The van der Waals surface area contributed by atoms with Crippen LogP contribution in [0.4, 0.5) is 11.4 Å². The van der Waals surface area contributed by atoms with E-state index in [1.165, 1.54) is 0 Å². The van der Waals surface area contributed by atoms with E-state index in [2.05, 4.69) is 20.3 Å². The van der Waals surface area contributed by atoms with Crippen molar-refractivity contribution in [1.82, 2.24) is 9.55 Å². The Balaban J connectivity index is 1.57. The molecule has 1 fully saturated rings. The number of hydrogen-bond donors (Lipinski definition) is 2. The number of benzene rings is 2. The number of anilines is 2. The lowest BCUT2D eigenvalue weighted by atomic mass is 10.1. The molecule has 0 radical (unpaired) electrons. The number of sulfonamides is 1. The lowest BCUT2D eigenvalue weighted by Gasteiger charge is -2.13. The van der Waals surface area contributed by atoms with E-state index in [1.54, 1.807) is 30.5 Å². The second-order valence-corrected chi connectivity index (χ2v) is 10.9. The molecule has 36 heavy (non-hydrogen) atoms. The Morgan fingerprint density at radius 3 is 2.64 bits per heavy atom. The SMILES string of the molecule is CCCS(=O)(=O)Nc1ccc(-c2c(C#N)c3ccc(Oc4ncccc4N)cc3n2CC2CC2)cc1. The first kappa shape index (κ1) is 23.7. The lowest BCUT2D eigenvalue weighted by Crippen LogP contribution is -2.15. The van der Waals surface area contributed by atoms with E-state index in [9.17, 15) is 13.7 Å². The van der Waals surface area contributed by atoms with Crippen LogP contribution >= 0.6 is 0 Å². The molecule has 5 rings (SSSR count). The van der Waals surface area contributed by atoms with Crippen LogP contribution in [0.5, 0.6) is 11.6 Å². The summed E-state index contributed by atoms with van der Waals surface area (Å²) in [6.45, 7) is 2.61. The Morgan fingerprint density at radius 1 is 1.19 bits per heavy atom. The van der Waals surface area contributed by atoms with Crippen LogP contribution in [0, 0.1) is 17.2 Å². The van der Waals surface area contributed by atoms with Gasteiger partial charge in [-0.3, -0.25) is 4.72 Å². The van der Waals surface area contributed by atoms with Gasteiger partial charge in [-0.25, -0.2) is 13.4 Å². The number of rotatable bonds is 9. The summed E-state index contributed by atoms with van der Waals surface area (Å²) in [5.41, 5.74) is 10.1. The van der Waals surface area contributed by atoms with Crippen molar-refractivity contribution in [2.24, 2.45) is 5.92 Å². The Labute approximate surface area is 210 Å². The highest BCUT2D eigenvalue weighted by Gasteiger charge is 2.27. The van der Waals surface area contributed by atoms with Gasteiger partial charge >= 0.3 is 0 Å². The fourth-order valence-corrected chi connectivity index (χ4v) is 5.48. The summed E-state index contributed by atoms with van der Waals surface area (Å²) in [4.78, 5) is 4.21. The molecule has 1 aliphatic carbocycles. The first-order chi connectivity index (χ1) is 17.4. The fourth-order valence-electron chi connectivity index (χ4n) is 4.35. The molecule has 0 spiro atoms. The molecule has 0 amide bonds. The topological polar surface area (TPSA) is 123 Å². The van der Waals surface area contributed by atoms with Crippen LogP contribution in [0.1, 0.15) is 31.7 Å². The number of pyridine rings is 1. The lowest BCUT2D eigenvalue weighted by molar-refractivity contribution is 0.466. The summed E-state index contributed by atoms with van der Waals surface area (Å²) in [5, 5.41) is 11.0. The highest BCUT2D eigenvalue weighted by Crippen LogP contribution is 2.40. The van der Waals surface area contributed by atoms with E-state index in [1.807, 2.05) is 37.3 Å². The van der Waals surface area contributed by atoms with Crippen LogP contribution in [0.15, 0.2) is 60.8 Å². The number of nitrogen functional groups attached to an aromatic ring is 1. The van der Waals surface area contributed by atoms with Gasteiger partial charge in [-0.15, -0.1) is 0 Å². The second kappa shape index (κ2) is 9.55. The summed E-state index contributed by atoms with van der Waals surface area (Å²) in [6, 6.07) is 18.7. The predicted octanol–water partition coefficient (Wildman–Crippen LogP) is 5.51. The normalized spacial score (nSPS) is 13.4. The molecule has 0 bridgehead atoms. The Bertz CT molecular complexity index is 1570. The standard InChI is InChI=1S/C27H27N5O3S/c1-2-14-36(33,34)31-20-9-7-19(8-10-20)26-23(16-28)22-12-11-21(35-27-24(29)4-3-13-30-27)15-25(22)32(26)17-18-5-6-18/h3-4,7-13,15,18,31H,2,5-6,14,17,29H2,1H3. The van der Waals surface area contributed by atoms with Gasteiger partial charge in [0.1, 0.15) is 11.8 Å². The summed E-state index contributed by atoms with van der Waals surface area (Å²) in [7, 11) is -3.38. The van der Waals surface area contributed by atoms with Crippen molar-refractivity contribution < 1.29 is 13.2 Å². The minimum absolute atomic E-state index is 0.0670. The quantitative estimate of drug-likeness (QED) is 0.312. The number of hydrogen-bond acceptors (Lipinski definition) is 6. The van der Waals surface area contributed by atoms with Crippen LogP contribution in [0.3, 0.4) is 0 Å². The summed E-state index contributed by atoms with van der Waals surface area (Å²) in [6.07, 6.45) is 4.47. The van der Waals surface area contributed by atoms with E-state index in [4.69, 9.17) is 10.5 Å². The summed E-state index contributed by atoms with van der Waals surface area (Å²) in [5.74, 6) is 1.54. The maximum Gasteiger partial charge on any atom is 0.242 e. The van der Waals surface area contributed by atoms with Crippen molar-refractivity contribution in [3.63, 3.8) is 0 Å². The molecule has 184 valence electrons. The van der Waals surface area contributed by atoms with E-state index < -0.39 is 10.0 Å². The number of nitrogens with one attached hydrogen (secondary N) is 1. The summed E-state index contributed by atoms with van der Waals surface area (Å²) >= 11 is 0. The number of aromatic nitrogens is 2. The van der Waals surface area contributed by atoms with Crippen LogP contribution in [-0.4, -0.2) is 23.7 Å². The van der Waals surface area contributed by atoms with Crippen LogP contribution in [0.25, 0.3) is 22.2 Å². The average Bonchev–Trinajstić information content (AvgIpc) is 3.62. The van der Waals surface area contributed by atoms with Gasteiger partial charge in [-0.1, -0.05) is 19.1 Å². The minimum atomic E-state index is -3.38. The number of ether oxygens (including phenoxy) is 1. The van der Waals surface area contributed by atoms with E-state index in [-0.39, 0.29) is 5.75 Å². The number of nitriles is 1. The molecule has 4 aromatic rings. The second-order valence-electron chi connectivity index (χ2n) is 9.07. The zero-order valence-electron chi connectivity index (χ0n) is 19.9. The van der Waals surface area contributed by atoms with Crippen LogP contribution in [0.2, 0.25) is 0 Å². The van der Waals surface area contributed by atoms with E-state index >= 15 is 0 Å². The van der Waals surface area contributed by atoms with E-state index in [0.717, 1.165) is 41.5 Å². The first-order valence-corrected chi connectivity index (χ1v) is 13.6. The van der Waals surface area contributed by atoms with Crippen LogP contribution in [-0.2, 0) is 16.6 Å². The van der Waals surface area contributed by atoms with Gasteiger partial charge < -0.3 is 15.0 Å². The van der Waals surface area contributed by atoms with Gasteiger partial charge in [0.05, 0.1) is 28.2 Å². The molecule has 0 aliphatic heterocycles. The monoisotopic (exact) mass is 501 g/mol. The minimum Gasteiger partial charge on any atom is -0.437 e. The smallest absolute Gasteiger partial charge is 0.242 e. The third kappa shape index (κ3) is 4.86. The zero-order valence-corrected chi connectivity index (χ0v) is 20.8. The number of fused-ring (bicyclic) bond motifs is 1. The van der Waals surface area contributed by atoms with Crippen molar-refractivity contribution in [3.05, 3.63) is 66.4 Å². The molecule has 3 N–H and O–H groups in total. The molecular formula is C27H27N5O3S. The van der Waals surface area contributed by atoms with Crippen molar-refractivity contribution in [2.45, 2.75) is 32.7 Å². The molecule has 0 unspecified atom stereocenters. The molecule has 8 nitrogen and oxygen atoms in total. The first-order valence-electron chi connectivity index (χ1n) is 11.9. The average molecular weight is 502 g/mol. The van der Waals surface area contributed by atoms with Crippen molar-refractivity contribution in [1.29, 1.82) is 5.26 Å². The largest absolute Gasteiger partial charge is 0.437 e. The van der Waals surface area contributed by atoms with Gasteiger partial charge in [-0.2, -0.15) is 5.26 Å². The van der Waals surface area contributed by atoms with Crippen molar-refractivity contribution >= 4 is 32.3 Å². The van der Waals surface area contributed by atoms with Crippen LogP contribution < -0.4 is 15.2 Å². The highest BCUT2D eigenvalue weighted by atomic mass is 32.2. The molecule has 2 aromatic carbocycles. The van der Waals surface area contributed by atoms with Crippen molar-refractivity contribution in [3.8, 4) is 29.0 Å². The maximum absolute atomic E-state index is 12.2. The number of nitrogens with zero attached hydrogens (tertiary/aromatic N) is 3. The van der Waals surface area contributed by atoms with Gasteiger partial charge in [0, 0.05) is 29.9 Å². The molecule has 2 aromatic heterocycles. The van der Waals surface area contributed by atoms with Crippen molar-refractivity contribution in [2.75, 3.05) is 16.2 Å². The fraction of sp³-hybridized carbons (Fsp3) is 0.259. The molecule has 9 heteroatoms. The third-order valence-electron chi connectivity index (χ3n) is 6.21.